The second-order valence-electron chi connectivity index (χ2n) is 10.6. The minimum Gasteiger partial charge on any atom is -0.405 e. The fourth-order valence-electron chi connectivity index (χ4n) is 5.79. The summed E-state index contributed by atoms with van der Waals surface area (Å²) in [6.45, 7) is 4.56. The quantitative estimate of drug-likeness (QED) is 0.369. The Labute approximate surface area is 236 Å². The van der Waals surface area contributed by atoms with Crippen LogP contribution in [-0.2, 0) is 11.3 Å². The Balaban J connectivity index is 1.33. The first-order chi connectivity index (χ1) is 19.1. The third kappa shape index (κ3) is 6.29. The number of piperidine rings is 1. The number of alkyl halides is 3. The van der Waals surface area contributed by atoms with Crippen LogP contribution in [0.2, 0.25) is 5.02 Å². The highest BCUT2D eigenvalue weighted by atomic mass is 35.5. The smallest absolute Gasteiger partial charge is 0.405 e. The molecule has 1 aromatic heterocycles. The predicted molar refractivity (Wildman–Crippen MR) is 147 cm³/mol. The van der Waals surface area contributed by atoms with Crippen molar-refractivity contribution in [1.82, 2.24) is 19.3 Å². The van der Waals surface area contributed by atoms with Crippen LogP contribution in [-0.4, -0.2) is 90.2 Å². The number of hydrogen-bond acceptors (Lipinski definition) is 5. The number of halogens is 4. The molecule has 2 saturated heterocycles. The molecule has 0 bridgehead atoms. The molecule has 1 unspecified atom stereocenters. The average molecular weight is 577 g/mol. The summed E-state index contributed by atoms with van der Waals surface area (Å²) in [4.78, 5) is 31.9. The SMILES string of the molecule is CN1CCN(C(C=O)Cn2cc(C(=O)N3CCC(c4ccccc4OC(F)(F)F)CC3)c3ccc(Cl)cc32)CC1. The van der Waals surface area contributed by atoms with Crippen molar-refractivity contribution in [2.24, 2.45) is 0 Å². The number of ether oxygens (including phenoxy) is 1. The largest absolute Gasteiger partial charge is 0.573 e. The third-order valence-electron chi connectivity index (χ3n) is 7.99. The van der Waals surface area contributed by atoms with Crippen molar-refractivity contribution in [3.63, 3.8) is 0 Å². The Morgan fingerprint density at radius 3 is 2.45 bits per heavy atom. The monoisotopic (exact) mass is 576 g/mol. The number of aromatic nitrogens is 1. The van der Waals surface area contributed by atoms with Crippen LogP contribution in [0, 0.1) is 0 Å². The van der Waals surface area contributed by atoms with E-state index < -0.39 is 6.36 Å². The number of carbonyl (C=O) groups excluding carboxylic acids is 2. The molecule has 3 heterocycles. The number of rotatable bonds is 7. The molecule has 0 spiro atoms. The molecular formula is C29H32ClF3N4O3. The lowest BCUT2D eigenvalue weighted by Gasteiger charge is -2.35. The van der Waals surface area contributed by atoms with Crippen LogP contribution in [0.25, 0.3) is 10.9 Å². The van der Waals surface area contributed by atoms with Crippen molar-refractivity contribution < 1.29 is 27.5 Å². The molecule has 0 N–H and O–H groups in total. The van der Waals surface area contributed by atoms with Crippen LogP contribution in [0.4, 0.5) is 13.2 Å². The van der Waals surface area contributed by atoms with Gasteiger partial charge in [-0.15, -0.1) is 13.2 Å². The van der Waals surface area contributed by atoms with Crippen LogP contribution in [0.5, 0.6) is 5.75 Å². The first kappa shape index (κ1) is 28.4. The van der Waals surface area contributed by atoms with Crippen molar-refractivity contribution in [3.8, 4) is 5.75 Å². The van der Waals surface area contributed by atoms with Gasteiger partial charge in [0.15, 0.2) is 0 Å². The van der Waals surface area contributed by atoms with E-state index in [0.717, 1.165) is 43.4 Å². The summed E-state index contributed by atoms with van der Waals surface area (Å²) in [5.74, 6) is -0.490. The maximum absolute atomic E-state index is 13.7. The average Bonchev–Trinajstić information content (AvgIpc) is 3.28. The van der Waals surface area contributed by atoms with Gasteiger partial charge in [0.05, 0.1) is 17.1 Å². The summed E-state index contributed by atoms with van der Waals surface area (Å²) in [6.07, 6.45) is -0.962. The van der Waals surface area contributed by atoms with Gasteiger partial charge in [-0.05, 0) is 49.6 Å². The number of likely N-dealkylation sites (tertiary alicyclic amines) is 1. The molecule has 0 saturated carbocycles. The fraction of sp³-hybridized carbons (Fsp3) is 0.448. The zero-order valence-corrected chi connectivity index (χ0v) is 23.0. The Hall–Kier alpha value is -3.08. The number of benzene rings is 2. The second-order valence-corrected chi connectivity index (χ2v) is 11.0. The van der Waals surface area contributed by atoms with Crippen molar-refractivity contribution >= 4 is 34.7 Å². The molecule has 7 nitrogen and oxygen atoms in total. The van der Waals surface area contributed by atoms with Crippen LogP contribution >= 0.6 is 11.6 Å². The van der Waals surface area contributed by atoms with Gasteiger partial charge in [-0.2, -0.15) is 0 Å². The zero-order valence-electron chi connectivity index (χ0n) is 22.2. The first-order valence-electron chi connectivity index (χ1n) is 13.4. The number of fused-ring (bicyclic) bond motifs is 1. The van der Waals surface area contributed by atoms with Gasteiger partial charge in [0, 0.05) is 62.4 Å². The molecule has 1 amide bonds. The summed E-state index contributed by atoms with van der Waals surface area (Å²) in [7, 11) is 2.06. The van der Waals surface area contributed by atoms with E-state index in [1.54, 1.807) is 29.3 Å². The number of carbonyl (C=O) groups is 2. The van der Waals surface area contributed by atoms with Crippen molar-refractivity contribution in [3.05, 3.63) is 64.8 Å². The first-order valence-corrected chi connectivity index (χ1v) is 13.8. The fourth-order valence-corrected chi connectivity index (χ4v) is 5.95. The molecular weight excluding hydrogens is 545 g/mol. The molecule has 2 aliphatic heterocycles. The molecule has 2 aromatic carbocycles. The Bertz CT molecular complexity index is 1360. The van der Waals surface area contributed by atoms with E-state index in [-0.39, 0.29) is 23.6 Å². The summed E-state index contributed by atoms with van der Waals surface area (Å²) in [6, 6.07) is 11.2. The molecule has 3 aromatic rings. The number of para-hydroxylation sites is 1. The molecule has 2 fully saturated rings. The maximum atomic E-state index is 13.7. The van der Waals surface area contributed by atoms with Crippen molar-refractivity contribution in [2.75, 3.05) is 46.3 Å². The van der Waals surface area contributed by atoms with Gasteiger partial charge in [-0.25, -0.2) is 0 Å². The van der Waals surface area contributed by atoms with Gasteiger partial charge in [-0.3, -0.25) is 9.69 Å². The predicted octanol–water partition coefficient (Wildman–Crippen LogP) is 5.03. The van der Waals surface area contributed by atoms with E-state index in [1.807, 2.05) is 16.7 Å². The van der Waals surface area contributed by atoms with Gasteiger partial charge in [0.1, 0.15) is 12.0 Å². The summed E-state index contributed by atoms with van der Waals surface area (Å²) < 4.78 is 44.9. The van der Waals surface area contributed by atoms with E-state index in [0.29, 0.717) is 48.6 Å². The van der Waals surface area contributed by atoms with Crippen molar-refractivity contribution in [1.29, 1.82) is 0 Å². The van der Waals surface area contributed by atoms with Gasteiger partial charge >= 0.3 is 6.36 Å². The Morgan fingerprint density at radius 2 is 1.77 bits per heavy atom. The van der Waals surface area contributed by atoms with Crippen LogP contribution in [0.3, 0.4) is 0 Å². The number of likely N-dealkylation sites (N-methyl/N-ethyl adjacent to an activating group) is 1. The number of amides is 1. The summed E-state index contributed by atoms with van der Waals surface area (Å²) in [5, 5.41) is 1.29. The minimum atomic E-state index is -4.77. The molecule has 0 aliphatic carbocycles. The zero-order chi connectivity index (χ0) is 28.4. The van der Waals surface area contributed by atoms with Gasteiger partial charge in [-0.1, -0.05) is 35.9 Å². The van der Waals surface area contributed by atoms with E-state index in [4.69, 9.17) is 11.6 Å². The lowest BCUT2D eigenvalue weighted by Crippen LogP contribution is -2.50. The topological polar surface area (TPSA) is 58.0 Å². The molecule has 5 rings (SSSR count). The highest BCUT2D eigenvalue weighted by molar-refractivity contribution is 6.31. The molecule has 1 atom stereocenters. The van der Waals surface area contributed by atoms with E-state index in [9.17, 15) is 22.8 Å². The maximum Gasteiger partial charge on any atom is 0.573 e. The number of aldehydes is 1. The standard InChI is InChI=1S/C29H32ClF3N4O3/c1-34-12-14-35(15-13-34)22(19-38)17-37-18-25(24-7-6-21(30)16-26(24)37)28(39)36-10-8-20(9-11-36)23-4-2-3-5-27(23)40-29(31,32)33/h2-7,16,18-20,22H,8-15,17H2,1H3. The van der Waals surface area contributed by atoms with Crippen LogP contribution in [0.15, 0.2) is 48.7 Å². The number of hydrogen-bond donors (Lipinski definition) is 0. The van der Waals surface area contributed by atoms with Gasteiger partial charge < -0.3 is 23.9 Å². The number of nitrogens with zero attached hydrogens (tertiary/aromatic N) is 4. The lowest BCUT2D eigenvalue weighted by molar-refractivity contribution is -0.275. The molecule has 11 heteroatoms. The Kier molecular flexibility index (Phi) is 8.39. The summed E-state index contributed by atoms with van der Waals surface area (Å²) >= 11 is 6.32. The highest BCUT2D eigenvalue weighted by Gasteiger charge is 2.34. The number of piperazine rings is 1. The molecule has 214 valence electrons. The lowest BCUT2D eigenvalue weighted by atomic mass is 9.88. The second kappa shape index (κ2) is 11.8. The van der Waals surface area contributed by atoms with E-state index >= 15 is 0 Å². The van der Waals surface area contributed by atoms with Gasteiger partial charge in [0.25, 0.3) is 5.91 Å². The van der Waals surface area contributed by atoms with Crippen LogP contribution in [0.1, 0.15) is 34.7 Å². The molecule has 2 aliphatic rings. The van der Waals surface area contributed by atoms with E-state index in [1.165, 1.54) is 12.1 Å². The highest BCUT2D eigenvalue weighted by Crippen LogP contribution is 2.37. The minimum absolute atomic E-state index is 0.147. The Morgan fingerprint density at radius 1 is 1.07 bits per heavy atom. The summed E-state index contributed by atoms with van der Waals surface area (Å²) in [5.41, 5.74) is 1.81. The third-order valence-corrected chi connectivity index (χ3v) is 8.22. The van der Waals surface area contributed by atoms with Crippen LogP contribution < -0.4 is 4.74 Å². The van der Waals surface area contributed by atoms with Gasteiger partial charge in [0.2, 0.25) is 0 Å². The normalized spacial score (nSPS) is 18.7. The van der Waals surface area contributed by atoms with E-state index in [2.05, 4.69) is 21.6 Å². The molecule has 40 heavy (non-hydrogen) atoms. The molecule has 0 radical (unpaired) electrons. The van der Waals surface area contributed by atoms with Crippen molar-refractivity contribution in [2.45, 2.75) is 37.7 Å².